The molecule has 2 heterocycles. The highest BCUT2D eigenvalue weighted by molar-refractivity contribution is 7.89. The minimum atomic E-state index is -3.67. The molecule has 0 unspecified atom stereocenters. The molecule has 2 fully saturated rings. The molecular formula is C22H25N3O5S. The molecule has 2 aliphatic heterocycles. The van der Waals surface area contributed by atoms with Crippen molar-refractivity contribution in [2.45, 2.75) is 24.2 Å². The monoisotopic (exact) mass is 443 g/mol. The van der Waals surface area contributed by atoms with Gasteiger partial charge in [0, 0.05) is 39.0 Å². The molecule has 2 saturated heterocycles. The second kappa shape index (κ2) is 8.68. The van der Waals surface area contributed by atoms with Gasteiger partial charge in [-0.05, 0) is 42.8 Å². The van der Waals surface area contributed by atoms with Gasteiger partial charge in [0.25, 0.3) is 0 Å². The van der Waals surface area contributed by atoms with Crippen molar-refractivity contribution in [3.63, 3.8) is 0 Å². The van der Waals surface area contributed by atoms with Crippen LogP contribution in [0.3, 0.4) is 0 Å². The van der Waals surface area contributed by atoms with Crippen molar-refractivity contribution >= 4 is 33.2 Å². The maximum atomic E-state index is 13.1. The van der Waals surface area contributed by atoms with Crippen molar-refractivity contribution in [3.8, 4) is 5.75 Å². The molecule has 2 amide bonds. The molecule has 2 aromatic rings. The standard InChI is InChI=1S/C22H25N3O5S/c1-30-20-6-3-2-5-19(20)23-13-15-24(16-14-23)31(28,29)18-11-9-17(10-12-18)25-21(26)7-4-8-22(25)27/h2-3,5-6,9-12H,4,7-8,13-16H2,1H3. The van der Waals surface area contributed by atoms with E-state index < -0.39 is 10.0 Å². The number of carbonyl (C=O) groups is 2. The van der Waals surface area contributed by atoms with Crippen molar-refractivity contribution in [1.82, 2.24) is 4.31 Å². The van der Waals surface area contributed by atoms with Crippen LogP contribution < -0.4 is 14.5 Å². The first-order valence-corrected chi connectivity index (χ1v) is 11.7. The number of sulfonamides is 1. The molecule has 164 valence electrons. The number of ether oxygens (including phenoxy) is 1. The molecule has 2 aromatic carbocycles. The summed E-state index contributed by atoms with van der Waals surface area (Å²) >= 11 is 0. The number of methoxy groups -OCH3 is 1. The van der Waals surface area contributed by atoms with Gasteiger partial charge in [-0.1, -0.05) is 12.1 Å². The number of amides is 2. The minimum absolute atomic E-state index is 0.152. The molecule has 0 radical (unpaired) electrons. The van der Waals surface area contributed by atoms with E-state index >= 15 is 0 Å². The first-order valence-electron chi connectivity index (χ1n) is 10.3. The van der Waals surface area contributed by atoms with Crippen LogP contribution in [-0.4, -0.2) is 57.8 Å². The summed E-state index contributed by atoms with van der Waals surface area (Å²) in [5, 5.41) is 0. The summed E-state index contributed by atoms with van der Waals surface area (Å²) in [6, 6.07) is 13.7. The number of para-hydroxylation sites is 2. The van der Waals surface area contributed by atoms with E-state index in [1.165, 1.54) is 28.6 Å². The van der Waals surface area contributed by atoms with E-state index in [9.17, 15) is 18.0 Å². The minimum Gasteiger partial charge on any atom is -0.495 e. The smallest absolute Gasteiger partial charge is 0.243 e. The van der Waals surface area contributed by atoms with E-state index in [1.807, 2.05) is 24.3 Å². The zero-order valence-corrected chi connectivity index (χ0v) is 18.2. The first-order chi connectivity index (χ1) is 14.9. The lowest BCUT2D eigenvalue weighted by atomic mass is 10.1. The van der Waals surface area contributed by atoms with Crippen LogP contribution in [0.1, 0.15) is 19.3 Å². The Hall–Kier alpha value is -2.91. The Labute approximate surface area is 182 Å². The van der Waals surface area contributed by atoms with E-state index in [1.54, 1.807) is 7.11 Å². The van der Waals surface area contributed by atoms with E-state index in [0.717, 1.165) is 16.3 Å². The summed E-state index contributed by atoms with van der Waals surface area (Å²) in [4.78, 5) is 27.6. The van der Waals surface area contributed by atoms with Crippen molar-refractivity contribution in [3.05, 3.63) is 48.5 Å². The van der Waals surface area contributed by atoms with Crippen LogP contribution in [0.2, 0.25) is 0 Å². The molecule has 8 nitrogen and oxygen atoms in total. The topological polar surface area (TPSA) is 87.2 Å². The lowest BCUT2D eigenvalue weighted by molar-refractivity contribution is -0.129. The molecule has 0 N–H and O–H groups in total. The third-order valence-corrected chi connectivity index (χ3v) is 7.59. The number of piperidine rings is 1. The van der Waals surface area contributed by atoms with E-state index in [4.69, 9.17) is 4.74 Å². The summed E-state index contributed by atoms with van der Waals surface area (Å²) in [7, 11) is -2.05. The number of piperazine rings is 1. The number of rotatable bonds is 5. The largest absolute Gasteiger partial charge is 0.495 e. The SMILES string of the molecule is COc1ccccc1N1CCN(S(=O)(=O)c2ccc(N3C(=O)CCCC3=O)cc2)CC1. The van der Waals surface area contributed by atoms with Crippen LogP contribution in [0.5, 0.6) is 5.75 Å². The fourth-order valence-corrected chi connectivity index (χ4v) is 5.44. The van der Waals surface area contributed by atoms with E-state index in [-0.39, 0.29) is 16.7 Å². The highest BCUT2D eigenvalue weighted by Gasteiger charge is 2.31. The Balaban J connectivity index is 1.47. The Morgan fingerprint density at radius 1 is 0.839 bits per heavy atom. The summed E-state index contributed by atoms with van der Waals surface area (Å²) in [5.74, 6) is 0.259. The summed E-state index contributed by atoms with van der Waals surface area (Å²) in [6.07, 6.45) is 1.20. The van der Waals surface area contributed by atoms with Gasteiger partial charge >= 0.3 is 0 Å². The fourth-order valence-electron chi connectivity index (χ4n) is 4.02. The van der Waals surface area contributed by atoms with Gasteiger partial charge in [-0.3, -0.25) is 14.5 Å². The van der Waals surface area contributed by atoms with Gasteiger partial charge in [-0.15, -0.1) is 0 Å². The highest BCUT2D eigenvalue weighted by atomic mass is 32.2. The molecule has 31 heavy (non-hydrogen) atoms. The second-order valence-corrected chi connectivity index (χ2v) is 9.47. The zero-order valence-electron chi connectivity index (χ0n) is 17.4. The summed E-state index contributed by atoms with van der Waals surface area (Å²) in [6.45, 7) is 1.80. The summed E-state index contributed by atoms with van der Waals surface area (Å²) < 4.78 is 33.1. The lowest BCUT2D eigenvalue weighted by Gasteiger charge is -2.36. The maximum absolute atomic E-state index is 13.1. The summed E-state index contributed by atoms with van der Waals surface area (Å²) in [5.41, 5.74) is 1.36. The maximum Gasteiger partial charge on any atom is 0.243 e. The highest BCUT2D eigenvalue weighted by Crippen LogP contribution is 2.30. The number of hydrogen-bond donors (Lipinski definition) is 0. The normalized spacial score (nSPS) is 18.4. The average Bonchev–Trinajstić information content (AvgIpc) is 2.79. The molecular weight excluding hydrogens is 418 g/mol. The molecule has 4 rings (SSSR count). The molecule has 0 aromatic heterocycles. The molecule has 0 spiro atoms. The van der Waals surface area contributed by atoms with Crippen LogP contribution in [0, 0.1) is 0 Å². The third-order valence-electron chi connectivity index (χ3n) is 5.68. The molecule has 0 atom stereocenters. The zero-order chi connectivity index (χ0) is 22.0. The van der Waals surface area contributed by atoms with E-state index in [2.05, 4.69) is 4.90 Å². The molecule has 9 heteroatoms. The number of nitrogens with zero attached hydrogens (tertiary/aromatic N) is 3. The quantitative estimate of drug-likeness (QED) is 0.659. The second-order valence-electron chi connectivity index (χ2n) is 7.53. The Bertz CT molecular complexity index is 1060. The van der Waals surface area contributed by atoms with Crippen molar-refractivity contribution < 1.29 is 22.7 Å². The van der Waals surface area contributed by atoms with Gasteiger partial charge in [0.1, 0.15) is 5.75 Å². The fraction of sp³-hybridized carbons (Fsp3) is 0.364. The lowest BCUT2D eigenvalue weighted by Crippen LogP contribution is -2.48. The van der Waals surface area contributed by atoms with Gasteiger partial charge in [-0.25, -0.2) is 8.42 Å². The van der Waals surface area contributed by atoms with Crippen LogP contribution >= 0.6 is 0 Å². The van der Waals surface area contributed by atoms with Crippen LogP contribution in [0.4, 0.5) is 11.4 Å². The molecule has 0 aliphatic carbocycles. The number of carbonyl (C=O) groups excluding carboxylic acids is 2. The number of imide groups is 1. The number of benzene rings is 2. The molecule has 2 aliphatic rings. The number of hydrogen-bond acceptors (Lipinski definition) is 6. The van der Waals surface area contributed by atoms with Gasteiger partial charge in [0.15, 0.2) is 0 Å². The van der Waals surface area contributed by atoms with Crippen molar-refractivity contribution in [1.29, 1.82) is 0 Å². The Morgan fingerprint density at radius 2 is 1.45 bits per heavy atom. The Kier molecular flexibility index (Phi) is 5.97. The third kappa shape index (κ3) is 4.15. The van der Waals surface area contributed by atoms with Crippen LogP contribution in [-0.2, 0) is 19.6 Å². The number of anilines is 2. The van der Waals surface area contributed by atoms with Crippen molar-refractivity contribution in [2.75, 3.05) is 43.1 Å². The van der Waals surface area contributed by atoms with Crippen molar-refractivity contribution in [2.24, 2.45) is 0 Å². The van der Waals surface area contributed by atoms with Gasteiger partial charge < -0.3 is 9.64 Å². The van der Waals surface area contributed by atoms with Crippen LogP contribution in [0.15, 0.2) is 53.4 Å². The van der Waals surface area contributed by atoms with Gasteiger partial charge in [0.2, 0.25) is 21.8 Å². The molecule has 0 saturated carbocycles. The average molecular weight is 444 g/mol. The first kappa shape index (κ1) is 21.3. The van der Waals surface area contributed by atoms with Gasteiger partial charge in [0.05, 0.1) is 23.4 Å². The van der Waals surface area contributed by atoms with E-state index in [0.29, 0.717) is 51.1 Å². The predicted octanol–water partition coefficient (Wildman–Crippen LogP) is 2.25. The molecule has 0 bridgehead atoms. The van der Waals surface area contributed by atoms with Gasteiger partial charge in [-0.2, -0.15) is 4.31 Å². The predicted molar refractivity (Wildman–Crippen MR) is 117 cm³/mol. The Morgan fingerprint density at radius 3 is 2.06 bits per heavy atom. The van der Waals surface area contributed by atoms with Crippen LogP contribution in [0.25, 0.3) is 0 Å².